The molecule has 0 amide bonds. The molecule has 0 aliphatic carbocycles. The van der Waals surface area contributed by atoms with Crippen molar-refractivity contribution < 1.29 is 0 Å². The minimum Gasteiger partial charge on any atom is -0.368 e. The van der Waals surface area contributed by atoms with E-state index in [1.807, 2.05) is 13.1 Å². The highest BCUT2D eigenvalue weighted by molar-refractivity contribution is 6.30. The minimum absolute atomic E-state index is 0.802. The van der Waals surface area contributed by atoms with Crippen molar-refractivity contribution in [2.45, 2.75) is 13.8 Å². The molecule has 1 saturated heterocycles. The maximum Gasteiger partial charge on any atom is 0.193 e. The summed E-state index contributed by atoms with van der Waals surface area (Å²) < 4.78 is 0. The summed E-state index contributed by atoms with van der Waals surface area (Å²) >= 11 is 6.11. The first kappa shape index (κ1) is 15.0. The molecule has 1 N–H and O–H groups in total. The third-order valence-electron chi connectivity index (χ3n) is 3.64. The van der Waals surface area contributed by atoms with Gasteiger partial charge in [0.1, 0.15) is 0 Å². The van der Waals surface area contributed by atoms with Crippen molar-refractivity contribution in [1.29, 1.82) is 0 Å². The number of hydrogen-bond donors (Lipinski definition) is 1. The Labute approximate surface area is 126 Å². The topological polar surface area (TPSA) is 30.9 Å². The van der Waals surface area contributed by atoms with E-state index in [2.05, 4.69) is 46.1 Å². The predicted molar refractivity (Wildman–Crippen MR) is 87.0 cm³/mol. The minimum atomic E-state index is 0.802. The van der Waals surface area contributed by atoms with Crippen molar-refractivity contribution in [3.05, 3.63) is 28.8 Å². The predicted octanol–water partition coefficient (Wildman–Crippen LogP) is 2.37. The first-order valence-corrected chi connectivity index (χ1v) is 7.50. The highest BCUT2D eigenvalue weighted by atomic mass is 35.5. The normalized spacial score (nSPS) is 16.5. The number of rotatable bonds is 2. The zero-order chi connectivity index (χ0) is 14.5. The molecular weight excluding hydrogens is 272 g/mol. The van der Waals surface area contributed by atoms with Gasteiger partial charge in [0.25, 0.3) is 0 Å². The zero-order valence-corrected chi connectivity index (χ0v) is 13.2. The van der Waals surface area contributed by atoms with E-state index in [1.165, 1.54) is 11.3 Å². The van der Waals surface area contributed by atoms with Gasteiger partial charge in [-0.1, -0.05) is 17.7 Å². The fraction of sp³-hybridized carbons (Fsp3) is 0.533. The molecule has 0 atom stereocenters. The molecule has 110 valence electrons. The second kappa shape index (κ2) is 6.84. The second-order valence-electron chi connectivity index (χ2n) is 4.98. The van der Waals surface area contributed by atoms with Crippen LogP contribution < -0.4 is 10.2 Å². The molecule has 1 aromatic carbocycles. The highest BCUT2D eigenvalue weighted by Gasteiger charge is 2.20. The number of nitrogens with zero attached hydrogens (tertiary/aromatic N) is 3. The summed E-state index contributed by atoms with van der Waals surface area (Å²) in [4.78, 5) is 9.03. The van der Waals surface area contributed by atoms with E-state index >= 15 is 0 Å². The molecule has 2 rings (SSSR count). The average molecular weight is 295 g/mol. The van der Waals surface area contributed by atoms with Gasteiger partial charge in [-0.3, -0.25) is 4.99 Å². The first-order valence-electron chi connectivity index (χ1n) is 7.12. The molecule has 1 aromatic rings. The number of halogens is 1. The molecule has 1 fully saturated rings. The van der Waals surface area contributed by atoms with Crippen LogP contribution in [0.1, 0.15) is 12.5 Å². The molecule has 5 heteroatoms. The van der Waals surface area contributed by atoms with Crippen molar-refractivity contribution in [2.24, 2.45) is 4.99 Å². The van der Waals surface area contributed by atoms with Crippen molar-refractivity contribution in [1.82, 2.24) is 10.2 Å². The van der Waals surface area contributed by atoms with Crippen LogP contribution >= 0.6 is 11.6 Å². The van der Waals surface area contributed by atoms with E-state index in [1.54, 1.807) is 0 Å². The van der Waals surface area contributed by atoms with Crippen LogP contribution in [0.15, 0.2) is 23.2 Å². The Kier molecular flexibility index (Phi) is 5.12. The summed E-state index contributed by atoms with van der Waals surface area (Å²) in [6.07, 6.45) is 0. The fourth-order valence-corrected chi connectivity index (χ4v) is 2.74. The van der Waals surface area contributed by atoms with Gasteiger partial charge in [0.05, 0.1) is 0 Å². The SMILES string of the molecule is CCNC(=NC)N1CCN(c2cc(Cl)ccc2C)CC1. The molecule has 0 unspecified atom stereocenters. The number of nitrogens with one attached hydrogen (secondary N) is 1. The van der Waals surface area contributed by atoms with Gasteiger partial charge in [0.2, 0.25) is 0 Å². The lowest BCUT2D eigenvalue weighted by Crippen LogP contribution is -2.52. The molecule has 1 aliphatic rings. The van der Waals surface area contributed by atoms with Gasteiger partial charge < -0.3 is 15.1 Å². The van der Waals surface area contributed by atoms with Crippen molar-refractivity contribution >= 4 is 23.2 Å². The first-order chi connectivity index (χ1) is 9.65. The lowest BCUT2D eigenvalue weighted by atomic mass is 10.1. The summed E-state index contributed by atoms with van der Waals surface area (Å²) in [5, 5.41) is 4.12. The Bertz CT molecular complexity index is 479. The van der Waals surface area contributed by atoms with Gasteiger partial charge in [-0.05, 0) is 31.5 Å². The molecule has 0 bridgehead atoms. The highest BCUT2D eigenvalue weighted by Crippen LogP contribution is 2.25. The average Bonchev–Trinajstić information content (AvgIpc) is 2.47. The summed E-state index contributed by atoms with van der Waals surface area (Å²) in [5.41, 5.74) is 2.52. The van der Waals surface area contributed by atoms with Crippen molar-refractivity contribution in [3.63, 3.8) is 0 Å². The largest absolute Gasteiger partial charge is 0.368 e. The fourth-order valence-electron chi connectivity index (χ4n) is 2.57. The van der Waals surface area contributed by atoms with Crippen LogP contribution in [0.2, 0.25) is 5.02 Å². The number of anilines is 1. The van der Waals surface area contributed by atoms with E-state index in [9.17, 15) is 0 Å². The summed E-state index contributed by atoms with van der Waals surface area (Å²) in [6, 6.07) is 6.09. The van der Waals surface area contributed by atoms with E-state index in [-0.39, 0.29) is 0 Å². The monoisotopic (exact) mass is 294 g/mol. The van der Waals surface area contributed by atoms with E-state index in [4.69, 9.17) is 11.6 Å². The van der Waals surface area contributed by atoms with Crippen LogP contribution in [0.5, 0.6) is 0 Å². The van der Waals surface area contributed by atoms with Gasteiger partial charge in [0.15, 0.2) is 5.96 Å². The second-order valence-corrected chi connectivity index (χ2v) is 5.42. The molecular formula is C15H23ClN4. The van der Waals surface area contributed by atoms with Gasteiger partial charge in [-0.15, -0.1) is 0 Å². The molecule has 0 radical (unpaired) electrons. The van der Waals surface area contributed by atoms with Gasteiger partial charge >= 0.3 is 0 Å². The van der Waals surface area contributed by atoms with Gasteiger partial charge in [-0.2, -0.15) is 0 Å². The number of benzene rings is 1. The van der Waals surface area contributed by atoms with Crippen LogP contribution in [-0.2, 0) is 0 Å². The molecule has 1 aliphatic heterocycles. The lowest BCUT2D eigenvalue weighted by Gasteiger charge is -2.38. The Balaban J connectivity index is 2.02. The standard InChI is InChI=1S/C15H23ClN4/c1-4-18-15(17-3)20-9-7-19(8-10-20)14-11-13(16)6-5-12(14)2/h5-6,11H,4,7-10H2,1-3H3,(H,17,18). The van der Waals surface area contributed by atoms with Crippen molar-refractivity contribution in [2.75, 3.05) is 44.7 Å². The molecule has 1 heterocycles. The van der Waals surface area contributed by atoms with Crippen molar-refractivity contribution in [3.8, 4) is 0 Å². The summed E-state index contributed by atoms with van der Waals surface area (Å²) in [5.74, 6) is 0.995. The number of guanidine groups is 1. The van der Waals surface area contributed by atoms with E-state index < -0.39 is 0 Å². The maximum absolute atomic E-state index is 6.11. The maximum atomic E-state index is 6.11. The zero-order valence-electron chi connectivity index (χ0n) is 12.5. The van der Waals surface area contributed by atoms with Crippen LogP contribution in [0.3, 0.4) is 0 Å². The molecule has 0 aromatic heterocycles. The Hall–Kier alpha value is -1.42. The van der Waals surface area contributed by atoms with Crippen LogP contribution in [0.4, 0.5) is 5.69 Å². The van der Waals surface area contributed by atoms with Gasteiger partial charge in [-0.25, -0.2) is 0 Å². The quantitative estimate of drug-likeness (QED) is 0.671. The summed E-state index contributed by atoms with van der Waals surface area (Å²) in [7, 11) is 1.84. The van der Waals surface area contributed by atoms with E-state index in [0.29, 0.717) is 0 Å². The third kappa shape index (κ3) is 3.37. The van der Waals surface area contributed by atoms with Crippen LogP contribution in [0.25, 0.3) is 0 Å². The van der Waals surface area contributed by atoms with E-state index in [0.717, 1.165) is 43.7 Å². The Morgan fingerprint density at radius 1 is 1.30 bits per heavy atom. The molecule has 0 spiro atoms. The molecule has 0 saturated carbocycles. The number of aliphatic imine (C=N–C) groups is 1. The van der Waals surface area contributed by atoms with Gasteiger partial charge in [0, 0.05) is 50.5 Å². The Morgan fingerprint density at radius 3 is 2.60 bits per heavy atom. The number of hydrogen-bond acceptors (Lipinski definition) is 2. The Morgan fingerprint density at radius 2 is 2.00 bits per heavy atom. The molecule has 4 nitrogen and oxygen atoms in total. The lowest BCUT2D eigenvalue weighted by molar-refractivity contribution is 0.373. The van der Waals surface area contributed by atoms with Crippen LogP contribution in [0, 0.1) is 6.92 Å². The van der Waals surface area contributed by atoms with Crippen LogP contribution in [-0.4, -0.2) is 50.6 Å². The molecule has 20 heavy (non-hydrogen) atoms. The third-order valence-corrected chi connectivity index (χ3v) is 3.87. The number of aryl methyl sites for hydroxylation is 1. The number of piperazine rings is 1. The summed E-state index contributed by atoms with van der Waals surface area (Å²) in [6.45, 7) is 9.07. The smallest absolute Gasteiger partial charge is 0.193 e.